The quantitative estimate of drug-likeness (QED) is 0.158. The molecule has 2 amide bonds. The molecule has 4 unspecified atom stereocenters. The predicted molar refractivity (Wildman–Crippen MR) is 141 cm³/mol. The summed E-state index contributed by atoms with van der Waals surface area (Å²) in [5, 5.41) is 49.5. The van der Waals surface area contributed by atoms with Gasteiger partial charge in [-0.2, -0.15) is 0 Å². The van der Waals surface area contributed by atoms with Gasteiger partial charge in [-0.1, -0.05) is 0 Å². The molecular weight excluding hydrogens is 532 g/mol. The van der Waals surface area contributed by atoms with E-state index < -0.39 is 70.6 Å². The number of hydrogen-bond donors (Lipinski definition) is 6. The van der Waals surface area contributed by atoms with Gasteiger partial charge in [-0.3, -0.25) is 24.1 Å². The maximum Gasteiger partial charge on any atom is 0.259 e. The Labute approximate surface area is 229 Å². The fraction of sp³-hybridized carbons (Fsp3) is 0.462. The van der Waals surface area contributed by atoms with Crippen LogP contribution in [0.1, 0.15) is 22.3 Å². The summed E-state index contributed by atoms with van der Waals surface area (Å²) in [4.78, 5) is 55.0. The number of benzene rings is 1. The van der Waals surface area contributed by atoms with Crippen LogP contribution in [0, 0.1) is 11.8 Å². The van der Waals surface area contributed by atoms with Crippen LogP contribution < -0.4 is 15.5 Å². The number of hydrogen-bond acceptors (Lipinski definition) is 10. The second-order valence-corrected chi connectivity index (χ2v) is 10.6. The summed E-state index contributed by atoms with van der Waals surface area (Å²) in [6, 6.07) is 1.96. The lowest BCUT2D eigenvalue weighted by Crippen LogP contribution is -2.64. The Hall–Kier alpha value is -3.61. The number of Topliss-reactive ketones (excluding diaryl/α,β-unsaturated/α-hetero) is 2. The van der Waals surface area contributed by atoms with Crippen molar-refractivity contribution < 1.29 is 39.6 Å². The third kappa shape index (κ3) is 4.32. The average molecular weight is 563 g/mol. The summed E-state index contributed by atoms with van der Waals surface area (Å²) < 4.78 is 0. The van der Waals surface area contributed by atoms with Crippen LogP contribution in [-0.2, 0) is 20.8 Å². The van der Waals surface area contributed by atoms with Gasteiger partial charge < -0.3 is 36.0 Å². The monoisotopic (exact) mass is 562 g/mol. The molecule has 0 saturated heterocycles. The molecule has 1 aromatic carbocycles. The fourth-order valence-electron chi connectivity index (χ4n) is 5.99. The van der Waals surface area contributed by atoms with E-state index >= 15 is 0 Å². The molecule has 12 nitrogen and oxygen atoms in total. The van der Waals surface area contributed by atoms with Gasteiger partial charge in [0.2, 0.25) is 11.7 Å². The number of carbonyl (C=O) groups excluding carboxylic acids is 4. The maximum absolute atomic E-state index is 13.7. The van der Waals surface area contributed by atoms with E-state index in [4.69, 9.17) is 11.6 Å². The van der Waals surface area contributed by atoms with E-state index in [-0.39, 0.29) is 35.6 Å². The molecule has 210 valence electrons. The molecule has 1 aromatic rings. The number of fused-ring (bicyclic) bond motifs is 3. The number of carbonyl (C=O) groups is 4. The fourth-order valence-corrected chi connectivity index (χ4v) is 6.09. The zero-order valence-electron chi connectivity index (χ0n) is 21.9. The van der Waals surface area contributed by atoms with Gasteiger partial charge in [0.25, 0.3) is 5.91 Å². The first kappa shape index (κ1) is 28.4. The highest BCUT2D eigenvalue weighted by molar-refractivity contribution is 6.27. The molecule has 0 aliphatic heterocycles. The molecule has 0 saturated carbocycles. The normalized spacial score (nSPS) is 26.2. The number of amides is 2. The van der Waals surface area contributed by atoms with E-state index in [0.29, 0.717) is 11.3 Å². The van der Waals surface area contributed by atoms with Crippen molar-refractivity contribution in [2.45, 2.75) is 24.5 Å². The number of nitrogens with one attached hydrogen (secondary N) is 2. The Morgan fingerprint density at radius 2 is 1.77 bits per heavy atom. The highest BCUT2D eigenvalue weighted by atomic mass is 35.5. The lowest BCUT2D eigenvalue weighted by molar-refractivity contribution is -0.148. The van der Waals surface area contributed by atoms with Crippen LogP contribution in [0.25, 0.3) is 0 Å². The number of alkyl halides is 1. The van der Waals surface area contributed by atoms with Crippen LogP contribution >= 0.6 is 11.6 Å². The molecule has 3 aliphatic carbocycles. The number of halogens is 1. The number of allylic oxidation sites excluding steroid dienone is 1. The van der Waals surface area contributed by atoms with Gasteiger partial charge in [0.05, 0.1) is 18.3 Å². The number of ketones is 2. The van der Waals surface area contributed by atoms with E-state index in [0.717, 1.165) is 0 Å². The minimum absolute atomic E-state index is 0.0168. The number of aliphatic hydroxyl groups is 3. The van der Waals surface area contributed by atoms with Crippen LogP contribution in [0.4, 0.5) is 5.69 Å². The van der Waals surface area contributed by atoms with Crippen LogP contribution in [0.5, 0.6) is 5.75 Å². The van der Waals surface area contributed by atoms with Crippen molar-refractivity contribution in [1.82, 2.24) is 15.5 Å². The van der Waals surface area contributed by atoms with Crippen molar-refractivity contribution in [3.8, 4) is 5.75 Å². The number of rotatable bonds is 6. The van der Waals surface area contributed by atoms with Gasteiger partial charge in [-0.05, 0) is 50.6 Å². The van der Waals surface area contributed by atoms with Crippen molar-refractivity contribution in [1.29, 1.82) is 0 Å². The van der Waals surface area contributed by atoms with Gasteiger partial charge in [-0.15, -0.1) is 11.6 Å². The molecule has 0 bridgehead atoms. The summed E-state index contributed by atoms with van der Waals surface area (Å²) >= 11 is 5.41. The molecule has 4 rings (SSSR count). The summed E-state index contributed by atoms with van der Waals surface area (Å²) in [6.45, 7) is -0.416. The van der Waals surface area contributed by atoms with Gasteiger partial charge in [0.15, 0.2) is 11.4 Å². The molecule has 13 heteroatoms. The minimum Gasteiger partial charge on any atom is -0.510 e. The van der Waals surface area contributed by atoms with E-state index in [2.05, 4.69) is 10.6 Å². The minimum atomic E-state index is -2.71. The summed E-state index contributed by atoms with van der Waals surface area (Å²) in [6.07, 6.45) is 0.240. The third-order valence-corrected chi connectivity index (χ3v) is 7.94. The van der Waals surface area contributed by atoms with Gasteiger partial charge in [0, 0.05) is 31.3 Å². The second kappa shape index (κ2) is 10.2. The topological polar surface area (TPSA) is 180 Å². The number of phenols is 1. The van der Waals surface area contributed by atoms with E-state index in [9.17, 15) is 39.6 Å². The third-order valence-electron chi connectivity index (χ3n) is 7.70. The van der Waals surface area contributed by atoms with E-state index in [1.54, 1.807) is 39.2 Å². The maximum atomic E-state index is 13.7. The molecule has 0 heterocycles. The zero-order chi connectivity index (χ0) is 29.0. The van der Waals surface area contributed by atoms with Gasteiger partial charge >= 0.3 is 0 Å². The highest BCUT2D eigenvalue weighted by Crippen LogP contribution is 2.53. The number of likely N-dealkylation sites (N-methyl/N-ethyl adjacent to an activating group) is 1. The Kier molecular flexibility index (Phi) is 7.41. The molecule has 4 atom stereocenters. The molecule has 0 fully saturated rings. The summed E-state index contributed by atoms with van der Waals surface area (Å²) in [7, 11) is 6.73. The smallest absolute Gasteiger partial charge is 0.259 e. The molecule has 0 spiro atoms. The summed E-state index contributed by atoms with van der Waals surface area (Å²) in [5.74, 6) is -7.62. The van der Waals surface area contributed by atoms with Crippen LogP contribution in [0.3, 0.4) is 0 Å². The number of aromatic hydroxyl groups is 1. The number of aliphatic hydroxyl groups excluding tert-OH is 2. The lowest BCUT2D eigenvalue weighted by atomic mass is 9.58. The molecular formula is C26H31ClN4O8. The Bertz CT molecular complexity index is 1340. The molecule has 0 aromatic heterocycles. The first-order chi connectivity index (χ1) is 18.3. The van der Waals surface area contributed by atoms with Gasteiger partial charge in [0.1, 0.15) is 28.7 Å². The van der Waals surface area contributed by atoms with Crippen LogP contribution in [0.2, 0.25) is 0 Å². The summed E-state index contributed by atoms with van der Waals surface area (Å²) in [5.41, 5.74) is -2.49. The number of phenolic OH excluding ortho intramolecular Hbond substituents is 1. The average Bonchev–Trinajstić information content (AvgIpc) is 2.85. The highest BCUT2D eigenvalue weighted by Gasteiger charge is 2.63. The van der Waals surface area contributed by atoms with Crippen molar-refractivity contribution in [2.75, 3.05) is 45.6 Å². The van der Waals surface area contributed by atoms with E-state index in [1.807, 2.05) is 0 Å². The molecule has 3 aliphatic rings. The van der Waals surface area contributed by atoms with Crippen molar-refractivity contribution >= 4 is 40.7 Å². The Morgan fingerprint density at radius 1 is 1.10 bits per heavy atom. The van der Waals surface area contributed by atoms with E-state index in [1.165, 1.54) is 11.0 Å². The second-order valence-electron chi connectivity index (χ2n) is 10.4. The van der Waals surface area contributed by atoms with Crippen molar-refractivity contribution in [3.05, 3.63) is 45.9 Å². The van der Waals surface area contributed by atoms with Crippen molar-refractivity contribution in [3.63, 3.8) is 0 Å². The van der Waals surface area contributed by atoms with Gasteiger partial charge in [-0.25, -0.2) is 0 Å². The standard InChI is InChI=1S/C26H31ClN4O8/c1-30(2)14-5-6-15(32)18-12(14)7-11-8-13-20(31(3)4)22(35)19(25(38)29-10-28-16(33)9-27)24(37)26(13,39)23(36)17(11)21(18)34/h5-6,11,13,20,32,35-36,39H,7-10H2,1-4H3,(H,28,33)(H,29,38). The largest absolute Gasteiger partial charge is 0.510 e. The number of nitrogens with zero attached hydrogens (tertiary/aromatic N) is 2. The van der Waals surface area contributed by atoms with Crippen molar-refractivity contribution in [2.24, 2.45) is 11.8 Å². The van der Waals surface area contributed by atoms with Crippen LogP contribution in [0.15, 0.2) is 34.8 Å². The Morgan fingerprint density at radius 3 is 2.36 bits per heavy atom. The van der Waals surface area contributed by atoms with Crippen LogP contribution in [-0.4, -0.2) is 101 Å². The predicted octanol–water partition coefficient (Wildman–Crippen LogP) is 0.130. The Balaban J connectivity index is 1.83. The molecule has 39 heavy (non-hydrogen) atoms. The first-order valence-corrected chi connectivity index (χ1v) is 12.8. The molecule has 0 radical (unpaired) electrons. The first-order valence-electron chi connectivity index (χ1n) is 12.2. The lowest BCUT2D eigenvalue weighted by Gasteiger charge is -2.50. The molecule has 6 N–H and O–H groups in total. The SMILES string of the molecule is CN(C)c1ccc(O)c2c1CC1CC3C(N(C)C)C(O)=C(C(=O)NCNC(=O)CCl)C(=O)C3(O)C(O)=C1C2=O. The number of anilines is 1. The zero-order valence-corrected chi connectivity index (χ0v) is 22.7.